The molecule has 0 saturated heterocycles. The number of nitro groups is 1. The minimum atomic E-state index is -0.974. The van der Waals surface area contributed by atoms with Crippen molar-refractivity contribution in [1.29, 1.82) is 0 Å². The average Bonchev–Trinajstić information content (AvgIpc) is 3.19. The molecule has 11 nitrogen and oxygen atoms in total. The Bertz CT molecular complexity index is 1110. The Morgan fingerprint density at radius 3 is 2.58 bits per heavy atom. The second kappa shape index (κ2) is 10.1. The van der Waals surface area contributed by atoms with E-state index >= 15 is 0 Å². The lowest BCUT2D eigenvalue weighted by Crippen LogP contribution is -2.20. The van der Waals surface area contributed by atoms with Crippen molar-refractivity contribution in [3.63, 3.8) is 0 Å². The summed E-state index contributed by atoms with van der Waals surface area (Å²) in [5.74, 6) is 0.894. The van der Waals surface area contributed by atoms with Crippen molar-refractivity contribution in [3.05, 3.63) is 58.0 Å². The Labute approximate surface area is 188 Å². The van der Waals surface area contributed by atoms with E-state index in [2.05, 4.69) is 15.1 Å². The number of non-ortho nitro benzene ring substituents is 1. The number of aromatic nitrogens is 3. The molecule has 172 valence electrons. The summed E-state index contributed by atoms with van der Waals surface area (Å²) in [6, 6.07) is 5.07. The van der Waals surface area contributed by atoms with Gasteiger partial charge in [-0.25, -0.2) is 14.8 Å². The average molecular weight is 454 g/mol. The molecule has 0 spiro atoms. The van der Waals surface area contributed by atoms with Crippen LogP contribution in [0.1, 0.15) is 43.4 Å². The minimum Gasteiger partial charge on any atom is -0.473 e. The van der Waals surface area contributed by atoms with Crippen LogP contribution in [-0.2, 0) is 11.3 Å². The molecule has 0 amide bonds. The van der Waals surface area contributed by atoms with Crippen LogP contribution >= 0.6 is 0 Å². The predicted octanol–water partition coefficient (Wildman–Crippen LogP) is 4.78. The van der Waals surface area contributed by atoms with E-state index in [9.17, 15) is 14.9 Å². The Balaban J connectivity index is 1.37. The van der Waals surface area contributed by atoms with Crippen molar-refractivity contribution < 1.29 is 28.5 Å². The van der Waals surface area contributed by atoms with Gasteiger partial charge in [0, 0.05) is 12.1 Å². The zero-order valence-corrected chi connectivity index (χ0v) is 17.9. The van der Waals surface area contributed by atoms with Crippen LogP contribution in [0.3, 0.4) is 0 Å². The van der Waals surface area contributed by atoms with Gasteiger partial charge >= 0.3 is 6.16 Å². The third kappa shape index (κ3) is 5.62. The van der Waals surface area contributed by atoms with Gasteiger partial charge in [-0.3, -0.25) is 10.1 Å². The van der Waals surface area contributed by atoms with Crippen LogP contribution in [0, 0.1) is 17.0 Å². The van der Waals surface area contributed by atoms with Crippen molar-refractivity contribution in [1.82, 2.24) is 15.1 Å². The largest absolute Gasteiger partial charge is 0.514 e. The number of hydrogen-bond donors (Lipinski definition) is 0. The van der Waals surface area contributed by atoms with Crippen LogP contribution in [-0.4, -0.2) is 32.3 Å². The van der Waals surface area contributed by atoms with Crippen LogP contribution in [0.5, 0.6) is 11.6 Å². The smallest absolute Gasteiger partial charge is 0.473 e. The lowest BCUT2D eigenvalue weighted by Gasteiger charge is -2.22. The summed E-state index contributed by atoms with van der Waals surface area (Å²) < 4.78 is 21.5. The standard InChI is InChI=1S/C22H22N4O7/c1-14-18(13-30-22(27)32-17-9-7-15(8-10-17)26(28)29)21(33-25-14)19-11-24-20(12-23-19)31-16-5-3-2-4-6-16/h7-12,16H,2-6,13H2,1H3. The van der Waals surface area contributed by atoms with Gasteiger partial charge in [-0.2, -0.15) is 0 Å². The number of nitro benzene ring substituents is 1. The molecular weight excluding hydrogens is 432 g/mol. The fraction of sp³-hybridized carbons (Fsp3) is 0.364. The maximum atomic E-state index is 12.0. The van der Waals surface area contributed by atoms with Gasteiger partial charge in [0.05, 0.1) is 28.6 Å². The second-order valence-corrected chi connectivity index (χ2v) is 7.59. The van der Waals surface area contributed by atoms with Crippen molar-refractivity contribution in [3.8, 4) is 23.1 Å². The molecule has 11 heteroatoms. The molecule has 2 aromatic heterocycles. The van der Waals surface area contributed by atoms with Crippen LogP contribution in [0.4, 0.5) is 10.5 Å². The summed E-state index contributed by atoms with van der Waals surface area (Å²) in [7, 11) is 0. The van der Waals surface area contributed by atoms with Gasteiger partial charge in [-0.1, -0.05) is 11.6 Å². The molecule has 1 aromatic carbocycles. The van der Waals surface area contributed by atoms with Crippen LogP contribution < -0.4 is 9.47 Å². The number of carbonyl (C=O) groups excluding carboxylic acids is 1. The quantitative estimate of drug-likeness (QED) is 0.212. The van der Waals surface area contributed by atoms with E-state index in [0.717, 1.165) is 25.7 Å². The zero-order valence-electron chi connectivity index (χ0n) is 17.9. The molecule has 0 atom stereocenters. The number of rotatable bonds is 7. The molecule has 0 bridgehead atoms. The highest BCUT2D eigenvalue weighted by molar-refractivity contribution is 5.65. The summed E-state index contributed by atoms with van der Waals surface area (Å²) in [6.07, 6.45) is 7.83. The zero-order chi connectivity index (χ0) is 23.2. The molecule has 33 heavy (non-hydrogen) atoms. The molecule has 3 aromatic rings. The molecule has 0 unspecified atom stereocenters. The van der Waals surface area contributed by atoms with Gasteiger partial charge in [0.2, 0.25) is 5.88 Å². The molecule has 0 N–H and O–H groups in total. The van der Waals surface area contributed by atoms with Crippen molar-refractivity contribution in [2.75, 3.05) is 0 Å². The van der Waals surface area contributed by atoms with E-state index in [-0.39, 0.29) is 24.1 Å². The van der Waals surface area contributed by atoms with Gasteiger partial charge in [-0.05, 0) is 44.7 Å². The summed E-state index contributed by atoms with van der Waals surface area (Å²) in [5.41, 5.74) is 1.36. The SMILES string of the molecule is Cc1noc(-c2cnc(OC3CCCCC3)cn2)c1COC(=O)Oc1ccc([N+](=O)[O-])cc1. The molecule has 1 aliphatic carbocycles. The number of carbonyl (C=O) groups is 1. The first kappa shape index (κ1) is 22.2. The molecule has 2 heterocycles. The number of hydrogen-bond acceptors (Lipinski definition) is 10. The van der Waals surface area contributed by atoms with Crippen molar-refractivity contribution >= 4 is 11.8 Å². The third-order valence-electron chi connectivity index (χ3n) is 5.27. The van der Waals surface area contributed by atoms with Gasteiger partial charge < -0.3 is 18.7 Å². The number of aryl methyl sites for hydroxylation is 1. The first-order valence-electron chi connectivity index (χ1n) is 10.5. The maximum absolute atomic E-state index is 12.0. The monoisotopic (exact) mass is 454 g/mol. The predicted molar refractivity (Wildman–Crippen MR) is 114 cm³/mol. The van der Waals surface area contributed by atoms with E-state index < -0.39 is 11.1 Å². The highest BCUT2D eigenvalue weighted by Crippen LogP contribution is 2.27. The van der Waals surface area contributed by atoms with E-state index in [1.165, 1.54) is 43.1 Å². The summed E-state index contributed by atoms with van der Waals surface area (Å²) in [6.45, 7) is 1.54. The number of ether oxygens (including phenoxy) is 3. The molecule has 0 radical (unpaired) electrons. The van der Waals surface area contributed by atoms with Gasteiger partial charge in [0.15, 0.2) is 5.76 Å². The highest BCUT2D eigenvalue weighted by Gasteiger charge is 2.20. The molecule has 1 fully saturated rings. The van der Waals surface area contributed by atoms with E-state index in [1.54, 1.807) is 6.92 Å². The van der Waals surface area contributed by atoms with Crippen LogP contribution in [0.15, 0.2) is 41.2 Å². The fourth-order valence-corrected chi connectivity index (χ4v) is 3.50. The van der Waals surface area contributed by atoms with Crippen molar-refractivity contribution in [2.45, 2.75) is 51.7 Å². The van der Waals surface area contributed by atoms with Gasteiger partial charge in [0.1, 0.15) is 24.2 Å². The Morgan fingerprint density at radius 2 is 1.91 bits per heavy atom. The van der Waals surface area contributed by atoms with E-state index in [1.807, 2.05) is 0 Å². The minimum absolute atomic E-state index is 0.114. The van der Waals surface area contributed by atoms with Crippen LogP contribution in [0.2, 0.25) is 0 Å². The molecule has 1 aliphatic rings. The van der Waals surface area contributed by atoms with Gasteiger partial charge in [0.25, 0.3) is 5.69 Å². The molecular formula is C22H22N4O7. The van der Waals surface area contributed by atoms with Crippen LogP contribution in [0.25, 0.3) is 11.5 Å². The van der Waals surface area contributed by atoms with E-state index in [4.69, 9.17) is 18.7 Å². The Hall–Kier alpha value is -4.02. The first-order chi connectivity index (χ1) is 16.0. The lowest BCUT2D eigenvalue weighted by atomic mass is 9.98. The fourth-order valence-electron chi connectivity index (χ4n) is 3.50. The van der Waals surface area contributed by atoms with Crippen molar-refractivity contribution in [2.24, 2.45) is 0 Å². The highest BCUT2D eigenvalue weighted by atomic mass is 16.7. The molecule has 0 aliphatic heterocycles. The topological polar surface area (TPSA) is 140 Å². The number of benzene rings is 1. The molecule has 4 rings (SSSR count). The van der Waals surface area contributed by atoms with E-state index in [0.29, 0.717) is 28.6 Å². The lowest BCUT2D eigenvalue weighted by molar-refractivity contribution is -0.384. The summed E-state index contributed by atoms with van der Waals surface area (Å²) in [5, 5.41) is 14.6. The summed E-state index contributed by atoms with van der Waals surface area (Å²) in [4.78, 5) is 30.9. The summed E-state index contributed by atoms with van der Waals surface area (Å²) >= 11 is 0. The molecule has 1 saturated carbocycles. The third-order valence-corrected chi connectivity index (χ3v) is 5.27. The number of nitrogens with zero attached hydrogens (tertiary/aromatic N) is 4. The van der Waals surface area contributed by atoms with Gasteiger partial charge in [-0.15, -0.1) is 0 Å². The Kier molecular flexibility index (Phi) is 6.77. The first-order valence-corrected chi connectivity index (χ1v) is 10.5. The second-order valence-electron chi connectivity index (χ2n) is 7.59. The normalized spacial score (nSPS) is 14.0. The maximum Gasteiger partial charge on any atom is 0.514 e. The Morgan fingerprint density at radius 1 is 1.15 bits per heavy atom.